The molecule has 3 aromatic rings. The van der Waals surface area contributed by atoms with Gasteiger partial charge in [-0.3, -0.25) is 14.2 Å². The molecule has 2 aromatic carbocycles. The number of ether oxygens (including phenoxy) is 1. The first-order chi connectivity index (χ1) is 13.8. The monoisotopic (exact) mass is 412 g/mol. The van der Waals surface area contributed by atoms with Crippen molar-refractivity contribution in [1.29, 1.82) is 0 Å². The summed E-state index contributed by atoms with van der Waals surface area (Å²) in [6, 6.07) is 10.7. The van der Waals surface area contributed by atoms with Crippen LogP contribution in [-0.2, 0) is 16.8 Å². The molecule has 0 radical (unpaired) electrons. The summed E-state index contributed by atoms with van der Waals surface area (Å²) in [6.45, 7) is 0. The topological polar surface area (TPSA) is 143 Å². The first-order valence-corrected chi connectivity index (χ1v) is 9.15. The Balaban J connectivity index is 2.07. The lowest BCUT2D eigenvalue weighted by Gasteiger charge is -2.36. The van der Waals surface area contributed by atoms with Gasteiger partial charge in [-0.25, -0.2) is 4.79 Å². The van der Waals surface area contributed by atoms with Crippen LogP contribution in [0.2, 0.25) is 5.02 Å². The maximum Gasteiger partial charge on any atom is 0.324 e. The summed E-state index contributed by atoms with van der Waals surface area (Å²) in [6.07, 6.45) is 0.538. The van der Waals surface area contributed by atoms with E-state index in [1.54, 1.807) is 42.5 Å². The van der Waals surface area contributed by atoms with Crippen LogP contribution in [0.1, 0.15) is 28.0 Å². The molecule has 9 heteroatoms. The van der Waals surface area contributed by atoms with Gasteiger partial charge in [0.1, 0.15) is 11.4 Å². The zero-order valence-electron chi connectivity index (χ0n) is 15.1. The van der Waals surface area contributed by atoms with Crippen molar-refractivity contribution < 1.29 is 19.1 Å². The van der Waals surface area contributed by atoms with Gasteiger partial charge in [-0.15, -0.1) is 0 Å². The number of primary amides is 3. The van der Waals surface area contributed by atoms with Gasteiger partial charge >= 0.3 is 6.03 Å². The normalized spacial score (nSPS) is 18.1. The van der Waals surface area contributed by atoms with Crippen LogP contribution in [0, 0.1) is 0 Å². The molecule has 3 amide bonds. The van der Waals surface area contributed by atoms with E-state index in [1.807, 2.05) is 0 Å². The molecule has 1 unspecified atom stereocenters. The highest BCUT2D eigenvalue weighted by atomic mass is 35.5. The van der Waals surface area contributed by atoms with Gasteiger partial charge in [-0.2, -0.15) is 0 Å². The first-order valence-electron chi connectivity index (χ1n) is 8.77. The van der Waals surface area contributed by atoms with Crippen LogP contribution < -0.4 is 21.9 Å². The third kappa shape index (κ3) is 2.72. The predicted octanol–water partition coefficient (Wildman–Crippen LogP) is 2.03. The standard InChI is InChI=1S/C20H17ClN4O4/c21-11-5-6-14-10(9-11)7-8-20(29-14,18(23)27)15-12-3-1-2-4-13(12)25(19(24)28)16(15)17(22)26/h1-6,9H,7-8H2,(H2,22,26)(H2,23,27)(H2,24,28). The van der Waals surface area contributed by atoms with E-state index in [1.165, 1.54) is 0 Å². The largest absolute Gasteiger partial charge is 0.472 e. The molecule has 0 saturated heterocycles. The smallest absolute Gasteiger partial charge is 0.324 e. The second kappa shape index (κ2) is 6.52. The molecule has 0 bridgehead atoms. The van der Waals surface area contributed by atoms with E-state index < -0.39 is 23.4 Å². The number of amides is 3. The van der Waals surface area contributed by atoms with Crippen LogP contribution >= 0.6 is 11.6 Å². The number of para-hydroxylation sites is 1. The van der Waals surface area contributed by atoms with E-state index in [9.17, 15) is 14.4 Å². The molecule has 4 rings (SSSR count). The van der Waals surface area contributed by atoms with Crippen molar-refractivity contribution in [3.8, 4) is 5.75 Å². The third-order valence-electron chi connectivity index (χ3n) is 5.18. The van der Waals surface area contributed by atoms with Gasteiger partial charge < -0.3 is 21.9 Å². The summed E-state index contributed by atoms with van der Waals surface area (Å²) in [7, 11) is 0. The van der Waals surface area contributed by atoms with Crippen LogP contribution in [0.3, 0.4) is 0 Å². The maximum absolute atomic E-state index is 12.7. The lowest BCUT2D eigenvalue weighted by Crippen LogP contribution is -2.49. The van der Waals surface area contributed by atoms with E-state index >= 15 is 0 Å². The number of rotatable bonds is 3. The zero-order valence-corrected chi connectivity index (χ0v) is 15.9. The van der Waals surface area contributed by atoms with Gasteiger partial charge in [0.05, 0.1) is 5.52 Å². The molecule has 8 nitrogen and oxygen atoms in total. The number of nitrogens with zero attached hydrogens (tertiary/aromatic N) is 1. The molecular weight excluding hydrogens is 396 g/mol. The molecule has 1 atom stereocenters. The van der Waals surface area contributed by atoms with E-state index in [4.69, 9.17) is 33.5 Å². The third-order valence-corrected chi connectivity index (χ3v) is 5.42. The number of aryl methyl sites for hydroxylation is 1. The lowest BCUT2D eigenvalue weighted by molar-refractivity contribution is -0.135. The highest BCUT2D eigenvalue weighted by Gasteiger charge is 2.49. The van der Waals surface area contributed by atoms with Gasteiger partial charge in [0.2, 0.25) is 5.60 Å². The van der Waals surface area contributed by atoms with E-state index in [2.05, 4.69) is 0 Å². The minimum atomic E-state index is -1.72. The number of nitrogens with two attached hydrogens (primary N) is 3. The number of aromatic nitrogens is 1. The fraction of sp³-hybridized carbons (Fsp3) is 0.150. The summed E-state index contributed by atoms with van der Waals surface area (Å²) < 4.78 is 7.09. The first kappa shape index (κ1) is 18.8. The summed E-state index contributed by atoms with van der Waals surface area (Å²) in [5.41, 5.74) is 16.2. The molecule has 6 N–H and O–H groups in total. The molecule has 148 valence electrons. The van der Waals surface area contributed by atoms with Crippen molar-refractivity contribution >= 4 is 40.3 Å². The highest BCUT2D eigenvalue weighted by molar-refractivity contribution is 6.30. The number of hydrogen-bond acceptors (Lipinski definition) is 4. The summed E-state index contributed by atoms with van der Waals surface area (Å²) in [5.74, 6) is -1.33. The molecule has 29 heavy (non-hydrogen) atoms. The average molecular weight is 413 g/mol. The van der Waals surface area contributed by atoms with Crippen LogP contribution in [0.15, 0.2) is 42.5 Å². The molecule has 1 aromatic heterocycles. The van der Waals surface area contributed by atoms with Crippen LogP contribution in [0.25, 0.3) is 10.9 Å². The van der Waals surface area contributed by atoms with Crippen molar-refractivity contribution in [2.24, 2.45) is 17.2 Å². The minimum absolute atomic E-state index is 0.128. The van der Waals surface area contributed by atoms with Crippen LogP contribution in [-0.4, -0.2) is 22.4 Å². The predicted molar refractivity (Wildman–Crippen MR) is 107 cm³/mol. The van der Waals surface area contributed by atoms with Crippen molar-refractivity contribution in [3.63, 3.8) is 0 Å². The van der Waals surface area contributed by atoms with E-state index in [0.717, 1.165) is 10.1 Å². The summed E-state index contributed by atoms with van der Waals surface area (Å²) in [5, 5.41) is 0.957. The van der Waals surface area contributed by atoms with Crippen molar-refractivity contribution in [3.05, 3.63) is 64.3 Å². The molecule has 0 fully saturated rings. The summed E-state index contributed by atoms with van der Waals surface area (Å²) in [4.78, 5) is 37.3. The van der Waals surface area contributed by atoms with Gasteiger partial charge in [-0.1, -0.05) is 29.8 Å². The number of carbonyl (C=O) groups excluding carboxylic acids is 3. The molecule has 0 saturated carbocycles. The Labute approximate surface area is 170 Å². The number of carbonyl (C=O) groups is 3. The van der Waals surface area contributed by atoms with Crippen molar-refractivity contribution in [2.75, 3.05) is 0 Å². The maximum atomic E-state index is 12.7. The number of fused-ring (bicyclic) bond motifs is 2. The molecule has 0 aliphatic carbocycles. The molecule has 0 spiro atoms. The molecular formula is C20H17ClN4O4. The molecule has 2 heterocycles. The van der Waals surface area contributed by atoms with Crippen molar-refractivity contribution in [2.45, 2.75) is 18.4 Å². The average Bonchev–Trinajstić information content (AvgIpc) is 3.03. The Kier molecular flexibility index (Phi) is 4.24. The van der Waals surface area contributed by atoms with Crippen LogP contribution in [0.5, 0.6) is 5.75 Å². The van der Waals surface area contributed by atoms with Crippen molar-refractivity contribution in [1.82, 2.24) is 4.57 Å². The Hall–Kier alpha value is -3.52. The van der Waals surface area contributed by atoms with Gasteiger partial charge in [0, 0.05) is 22.4 Å². The number of benzene rings is 2. The van der Waals surface area contributed by atoms with E-state index in [0.29, 0.717) is 28.1 Å². The molecule has 1 aliphatic heterocycles. The Morgan fingerprint density at radius 3 is 2.45 bits per heavy atom. The van der Waals surface area contributed by atoms with Gasteiger partial charge in [-0.05, 0) is 36.2 Å². The SMILES string of the molecule is NC(=O)c1c(C2(C(N)=O)CCc3cc(Cl)ccc3O2)c2ccccc2n1C(N)=O. The molecule has 1 aliphatic rings. The fourth-order valence-electron chi connectivity index (χ4n) is 3.98. The quantitative estimate of drug-likeness (QED) is 0.604. The van der Waals surface area contributed by atoms with E-state index in [-0.39, 0.29) is 17.7 Å². The highest BCUT2D eigenvalue weighted by Crippen LogP contribution is 2.45. The Morgan fingerprint density at radius 1 is 1.07 bits per heavy atom. The zero-order chi connectivity index (χ0) is 20.9. The number of hydrogen-bond donors (Lipinski definition) is 3. The Morgan fingerprint density at radius 2 is 1.79 bits per heavy atom. The second-order valence-corrected chi connectivity index (χ2v) is 7.26. The summed E-state index contributed by atoms with van der Waals surface area (Å²) >= 11 is 6.05. The lowest BCUT2D eigenvalue weighted by atomic mass is 9.82. The second-order valence-electron chi connectivity index (χ2n) is 6.82. The van der Waals surface area contributed by atoms with Crippen LogP contribution in [0.4, 0.5) is 4.79 Å². The minimum Gasteiger partial charge on any atom is -0.472 e. The Bertz CT molecular complexity index is 1200. The van der Waals surface area contributed by atoms with Gasteiger partial charge in [0.15, 0.2) is 0 Å². The van der Waals surface area contributed by atoms with Gasteiger partial charge in [0.25, 0.3) is 11.8 Å². The fourth-order valence-corrected chi connectivity index (χ4v) is 4.17. The number of halogens is 1.